The Morgan fingerprint density at radius 1 is 1.75 bits per heavy atom. The van der Waals surface area contributed by atoms with E-state index >= 15 is 0 Å². The van der Waals surface area contributed by atoms with Gasteiger partial charge in [-0.05, 0) is 6.92 Å². The zero-order chi connectivity index (χ0) is 11.5. The van der Waals surface area contributed by atoms with Crippen LogP contribution in [0.5, 0.6) is 5.75 Å². The van der Waals surface area contributed by atoms with Crippen LogP contribution in [0, 0.1) is 0 Å². The van der Waals surface area contributed by atoms with E-state index in [4.69, 9.17) is 21.1 Å². The molecule has 0 saturated heterocycles. The van der Waals surface area contributed by atoms with Gasteiger partial charge in [0, 0.05) is 23.7 Å². The van der Waals surface area contributed by atoms with Gasteiger partial charge in [0.05, 0.1) is 19.6 Å². The number of esters is 1. The Kier molecular flexibility index (Phi) is 3.29. The van der Waals surface area contributed by atoms with E-state index in [0.717, 1.165) is 5.56 Å². The molecule has 16 heavy (non-hydrogen) atoms. The van der Waals surface area contributed by atoms with Crippen molar-refractivity contribution in [3.05, 3.63) is 23.0 Å². The molecule has 0 fully saturated rings. The van der Waals surface area contributed by atoms with E-state index in [1.807, 2.05) is 0 Å². The van der Waals surface area contributed by atoms with E-state index < -0.39 is 0 Å². The molecule has 0 spiro atoms. The first-order valence-electron chi connectivity index (χ1n) is 5.14. The predicted octanol–water partition coefficient (Wildman–Crippen LogP) is 2.16. The first-order valence-corrected chi connectivity index (χ1v) is 5.52. The molecule has 2 heterocycles. The molecule has 0 bridgehead atoms. The summed E-state index contributed by atoms with van der Waals surface area (Å²) in [6.07, 6.45) is 1.98. The van der Waals surface area contributed by atoms with Gasteiger partial charge in [-0.1, -0.05) is 11.6 Å². The minimum Gasteiger partial charge on any atom is -0.492 e. The van der Waals surface area contributed by atoms with Crippen molar-refractivity contribution in [2.45, 2.75) is 19.3 Å². The van der Waals surface area contributed by atoms with Crippen molar-refractivity contribution in [3.63, 3.8) is 0 Å². The van der Waals surface area contributed by atoms with Gasteiger partial charge in [-0.15, -0.1) is 0 Å². The Balaban J connectivity index is 2.09. The quantitative estimate of drug-likeness (QED) is 0.601. The number of carbonyl (C=O) groups is 1. The molecule has 0 saturated carbocycles. The summed E-state index contributed by atoms with van der Waals surface area (Å²) >= 11 is 5.74. The molecule has 1 aliphatic heterocycles. The average molecular weight is 242 g/mol. The second-order valence-electron chi connectivity index (χ2n) is 3.56. The van der Waals surface area contributed by atoms with E-state index in [0.29, 0.717) is 30.5 Å². The van der Waals surface area contributed by atoms with Crippen molar-refractivity contribution >= 4 is 17.6 Å². The Bertz CT molecular complexity index is 408. The van der Waals surface area contributed by atoms with E-state index in [1.165, 1.54) is 0 Å². The first-order chi connectivity index (χ1) is 7.70. The maximum atomic E-state index is 11.4. The van der Waals surface area contributed by atoms with Crippen LogP contribution in [0.3, 0.4) is 0 Å². The highest BCUT2D eigenvalue weighted by atomic mass is 35.5. The summed E-state index contributed by atoms with van der Waals surface area (Å²) in [4.78, 5) is 15.3. The van der Waals surface area contributed by atoms with Crippen molar-refractivity contribution < 1.29 is 14.3 Å². The van der Waals surface area contributed by atoms with Gasteiger partial charge < -0.3 is 9.47 Å². The molecule has 0 radical (unpaired) electrons. The Hall–Kier alpha value is -1.29. The van der Waals surface area contributed by atoms with Crippen LogP contribution in [0.2, 0.25) is 5.15 Å². The van der Waals surface area contributed by atoms with Crippen LogP contribution >= 0.6 is 11.6 Å². The molecule has 0 aromatic carbocycles. The third kappa shape index (κ3) is 2.27. The van der Waals surface area contributed by atoms with Gasteiger partial charge in [0.25, 0.3) is 0 Å². The summed E-state index contributed by atoms with van der Waals surface area (Å²) in [5.41, 5.74) is 0.928. The molecule has 4 nitrogen and oxygen atoms in total. The minimum atomic E-state index is -0.209. The molecular weight excluding hydrogens is 230 g/mol. The first kappa shape index (κ1) is 11.2. The maximum absolute atomic E-state index is 11.4. The van der Waals surface area contributed by atoms with E-state index in [1.54, 1.807) is 19.2 Å². The second kappa shape index (κ2) is 4.70. The topological polar surface area (TPSA) is 48.4 Å². The third-order valence-electron chi connectivity index (χ3n) is 2.46. The van der Waals surface area contributed by atoms with Crippen molar-refractivity contribution in [1.82, 2.24) is 4.98 Å². The minimum absolute atomic E-state index is 0.0267. The molecule has 1 unspecified atom stereocenters. The molecule has 2 rings (SSSR count). The van der Waals surface area contributed by atoms with Gasteiger partial charge in [-0.3, -0.25) is 4.79 Å². The van der Waals surface area contributed by atoms with Gasteiger partial charge in [0.15, 0.2) is 0 Å². The number of pyridine rings is 1. The van der Waals surface area contributed by atoms with Gasteiger partial charge in [-0.25, -0.2) is 4.98 Å². The molecule has 0 aliphatic carbocycles. The van der Waals surface area contributed by atoms with Crippen molar-refractivity contribution in [3.8, 4) is 5.75 Å². The van der Waals surface area contributed by atoms with Crippen molar-refractivity contribution in [2.75, 3.05) is 13.2 Å². The summed E-state index contributed by atoms with van der Waals surface area (Å²) in [6, 6.07) is 1.67. The standard InChI is InChI=1S/C11H12ClNO3/c1-2-15-11(14)3-7-6-16-9-4-10(12)13-5-8(7)9/h4-5,7H,2-3,6H2,1H3. The van der Waals surface area contributed by atoms with Crippen LogP contribution in [0.4, 0.5) is 0 Å². The number of nitrogens with zero attached hydrogens (tertiary/aromatic N) is 1. The lowest BCUT2D eigenvalue weighted by molar-refractivity contribution is -0.143. The highest BCUT2D eigenvalue weighted by Crippen LogP contribution is 2.36. The van der Waals surface area contributed by atoms with E-state index in [9.17, 15) is 4.79 Å². The van der Waals surface area contributed by atoms with Gasteiger partial charge >= 0.3 is 5.97 Å². The Labute approximate surface area is 98.5 Å². The van der Waals surface area contributed by atoms with Gasteiger partial charge in [0.1, 0.15) is 10.9 Å². The highest BCUT2D eigenvalue weighted by molar-refractivity contribution is 6.29. The monoisotopic (exact) mass is 241 g/mol. The molecular formula is C11H12ClNO3. The number of aromatic nitrogens is 1. The molecule has 0 N–H and O–H groups in total. The van der Waals surface area contributed by atoms with Crippen molar-refractivity contribution in [2.24, 2.45) is 0 Å². The summed E-state index contributed by atoms with van der Waals surface area (Å²) in [5.74, 6) is 0.534. The molecule has 86 valence electrons. The largest absolute Gasteiger partial charge is 0.492 e. The smallest absolute Gasteiger partial charge is 0.306 e. The molecule has 1 aromatic rings. The Morgan fingerprint density at radius 3 is 3.31 bits per heavy atom. The van der Waals surface area contributed by atoms with Crippen LogP contribution in [-0.2, 0) is 9.53 Å². The number of hydrogen-bond donors (Lipinski definition) is 0. The number of halogens is 1. The number of carbonyl (C=O) groups excluding carboxylic acids is 1. The molecule has 1 atom stereocenters. The number of rotatable bonds is 3. The number of ether oxygens (including phenoxy) is 2. The SMILES string of the molecule is CCOC(=O)CC1COc2cc(Cl)ncc21. The molecule has 0 amide bonds. The lowest BCUT2D eigenvalue weighted by Gasteiger charge is -2.07. The molecule has 5 heteroatoms. The molecule has 1 aromatic heterocycles. The molecule has 1 aliphatic rings. The van der Waals surface area contributed by atoms with Crippen LogP contribution < -0.4 is 4.74 Å². The van der Waals surface area contributed by atoms with Crippen LogP contribution in [0.1, 0.15) is 24.8 Å². The van der Waals surface area contributed by atoms with Crippen LogP contribution in [-0.4, -0.2) is 24.2 Å². The lowest BCUT2D eigenvalue weighted by Crippen LogP contribution is -2.11. The summed E-state index contributed by atoms with van der Waals surface area (Å²) in [7, 11) is 0. The third-order valence-corrected chi connectivity index (χ3v) is 2.67. The lowest BCUT2D eigenvalue weighted by atomic mass is 10.00. The fraction of sp³-hybridized carbons (Fsp3) is 0.455. The highest BCUT2D eigenvalue weighted by Gasteiger charge is 2.27. The Morgan fingerprint density at radius 2 is 2.56 bits per heavy atom. The number of fused-ring (bicyclic) bond motifs is 1. The fourth-order valence-electron chi connectivity index (χ4n) is 1.73. The van der Waals surface area contributed by atoms with Crippen molar-refractivity contribution in [1.29, 1.82) is 0 Å². The van der Waals surface area contributed by atoms with Crippen LogP contribution in [0.15, 0.2) is 12.3 Å². The summed E-state index contributed by atoms with van der Waals surface area (Å²) in [5, 5.41) is 0.399. The zero-order valence-electron chi connectivity index (χ0n) is 8.90. The van der Waals surface area contributed by atoms with Gasteiger partial charge in [-0.2, -0.15) is 0 Å². The van der Waals surface area contributed by atoms with E-state index in [-0.39, 0.29) is 11.9 Å². The average Bonchev–Trinajstić information content (AvgIpc) is 2.61. The second-order valence-corrected chi connectivity index (χ2v) is 3.95. The maximum Gasteiger partial charge on any atom is 0.306 e. The zero-order valence-corrected chi connectivity index (χ0v) is 9.66. The fourth-order valence-corrected chi connectivity index (χ4v) is 1.87. The van der Waals surface area contributed by atoms with E-state index in [2.05, 4.69) is 4.98 Å². The van der Waals surface area contributed by atoms with Crippen LogP contribution in [0.25, 0.3) is 0 Å². The predicted molar refractivity (Wildman–Crippen MR) is 58.7 cm³/mol. The summed E-state index contributed by atoms with van der Waals surface area (Å²) < 4.78 is 10.3. The summed E-state index contributed by atoms with van der Waals surface area (Å²) in [6.45, 7) is 2.67. The number of hydrogen-bond acceptors (Lipinski definition) is 4. The van der Waals surface area contributed by atoms with Gasteiger partial charge in [0.2, 0.25) is 0 Å². The normalized spacial score (nSPS) is 17.8.